The molecule has 0 heterocycles. The minimum Gasteiger partial charge on any atom is -0.0776 e. The smallest absolute Gasteiger partial charge is 0.0443 e. The molecule has 0 heteroatoms. The molecule has 1 saturated carbocycles. The van der Waals surface area contributed by atoms with Crippen LogP contribution < -0.4 is 0 Å². The van der Waals surface area contributed by atoms with Gasteiger partial charge in [-0.3, -0.25) is 0 Å². The van der Waals surface area contributed by atoms with Crippen LogP contribution in [0.5, 0.6) is 0 Å². The average Bonchev–Trinajstić information content (AvgIpc) is 1.75. The van der Waals surface area contributed by atoms with Gasteiger partial charge in [-0.25, -0.2) is 0 Å². The monoisotopic (exact) mass is 72.1 g/mol. The second-order valence-corrected chi connectivity index (χ2v) is 1.68. The first kappa shape index (κ1) is 5.00. The molecule has 0 saturated heterocycles. The number of rotatable bonds is 0. The van der Waals surface area contributed by atoms with E-state index in [-0.39, 0.29) is 7.43 Å². The molecule has 1 rings (SSSR count). The van der Waals surface area contributed by atoms with Crippen LogP contribution in [0, 0.1) is 5.92 Å². The fourth-order valence-electron chi connectivity index (χ4n) is 0.167. The molecule has 0 radical (unpaired) electrons. The van der Waals surface area contributed by atoms with Crippen molar-refractivity contribution in [3.05, 3.63) is 0 Å². The summed E-state index contributed by atoms with van der Waals surface area (Å²) in [5.74, 6) is 1.08. The summed E-state index contributed by atoms with van der Waals surface area (Å²) >= 11 is 0. The van der Waals surface area contributed by atoms with E-state index in [0.717, 1.165) is 5.92 Å². The Hall–Kier alpha value is 0. The zero-order chi connectivity index (χ0) is 2.99. The van der Waals surface area contributed by atoms with Crippen molar-refractivity contribution in [3.8, 4) is 0 Å². The third-order valence-corrected chi connectivity index (χ3v) is 0.866. The lowest BCUT2D eigenvalue weighted by Crippen LogP contribution is -1.42. The van der Waals surface area contributed by atoms with E-state index >= 15 is 0 Å². The molecule has 1 fully saturated rings. The van der Waals surface area contributed by atoms with E-state index in [4.69, 9.17) is 0 Å². The van der Waals surface area contributed by atoms with Gasteiger partial charge in [0.2, 0.25) is 0 Å². The normalized spacial score (nSPS) is 21.0. The van der Waals surface area contributed by atoms with Crippen LogP contribution >= 0.6 is 0 Å². The van der Waals surface area contributed by atoms with Gasteiger partial charge in [0.15, 0.2) is 0 Å². The molecule has 0 unspecified atom stereocenters. The van der Waals surface area contributed by atoms with Crippen LogP contribution in [0.25, 0.3) is 0 Å². The summed E-state index contributed by atoms with van der Waals surface area (Å²) in [7, 11) is 0. The second-order valence-electron chi connectivity index (χ2n) is 1.68. The summed E-state index contributed by atoms with van der Waals surface area (Å²) < 4.78 is 0. The van der Waals surface area contributed by atoms with Crippen molar-refractivity contribution in [1.82, 2.24) is 0 Å². The second kappa shape index (κ2) is 1.44. The maximum atomic E-state index is 2.28. The molecular weight excluding hydrogens is 60.1 g/mol. The lowest BCUT2D eigenvalue weighted by atomic mass is 10.5. The highest BCUT2D eigenvalue weighted by Gasteiger charge is 2.12. The summed E-state index contributed by atoms with van der Waals surface area (Å²) in [5.41, 5.74) is 0. The SMILES string of the molecule is C.CC1CC1. The minimum absolute atomic E-state index is 0. The molecule has 0 nitrogen and oxygen atoms in total. The first-order chi connectivity index (χ1) is 1.89. The van der Waals surface area contributed by atoms with Gasteiger partial charge >= 0.3 is 0 Å². The van der Waals surface area contributed by atoms with Crippen molar-refractivity contribution in [2.75, 3.05) is 0 Å². The van der Waals surface area contributed by atoms with E-state index in [0.29, 0.717) is 0 Å². The summed E-state index contributed by atoms with van der Waals surface area (Å²) in [6, 6.07) is 0. The number of hydrogen-bond acceptors (Lipinski definition) is 0. The van der Waals surface area contributed by atoms with Crippen LogP contribution in [-0.2, 0) is 0 Å². The van der Waals surface area contributed by atoms with Crippen molar-refractivity contribution in [3.63, 3.8) is 0 Å². The first-order valence-electron chi connectivity index (χ1n) is 1.89. The zero-order valence-corrected chi connectivity index (χ0v) is 2.99. The Labute approximate surface area is 34.2 Å². The van der Waals surface area contributed by atoms with Crippen LogP contribution in [0.2, 0.25) is 0 Å². The van der Waals surface area contributed by atoms with E-state index in [1.165, 1.54) is 12.8 Å². The molecule has 0 atom stereocenters. The Bertz CT molecular complexity index is 19.2. The number of hydrogen-bond donors (Lipinski definition) is 0. The quantitative estimate of drug-likeness (QED) is 0.411. The van der Waals surface area contributed by atoms with Gasteiger partial charge in [0, 0.05) is 0 Å². The van der Waals surface area contributed by atoms with Gasteiger partial charge in [-0.2, -0.15) is 0 Å². The zero-order valence-electron chi connectivity index (χ0n) is 2.99. The average molecular weight is 72.2 g/mol. The lowest BCUT2D eigenvalue weighted by molar-refractivity contribution is 0.983. The van der Waals surface area contributed by atoms with E-state index in [2.05, 4.69) is 6.92 Å². The predicted molar refractivity (Wildman–Crippen MR) is 25.1 cm³/mol. The summed E-state index contributed by atoms with van der Waals surface area (Å²) in [6.07, 6.45) is 2.97. The maximum absolute atomic E-state index is 2.28. The molecule has 0 aliphatic heterocycles. The van der Waals surface area contributed by atoms with Crippen molar-refractivity contribution in [2.45, 2.75) is 27.2 Å². The van der Waals surface area contributed by atoms with Gasteiger partial charge in [0.25, 0.3) is 0 Å². The maximum Gasteiger partial charge on any atom is -0.0443 e. The van der Waals surface area contributed by atoms with Gasteiger partial charge in [0.1, 0.15) is 0 Å². The molecule has 0 bridgehead atoms. The predicted octanol–water partition coefficient (Wildman–Crippen LogP) is 2.05. The standard InChI is InChI=1S/C4H8.CH4/c1-4-2-3-4;/h4H,2-3H2,1H3;1H4. The van der Waals surface area contributed by atoms with Crippen LogP contribution in [0.15, 0.2) is 0 Å². The molecule has 0 aromatic heterocycles. The van der Waals surface area contributed by atoms with Gasteiger partial charge in [-0.1, -0.05) is 27.2 Å². The summed E-state index contributed by atoms with van der Waals surface area (Å²) in [6.45, 7) is 2.28. The molecule has 32 valence electrons. The Morgan fingerprint density at radius 1 is 1.40 bits per heavy atom. The lowest BCUT2D eigenvalue weighted by Gasteiger charge is -1.53. The van der Waals surface area contributed by atoms with Crippen molar-refractivity contribution >= 4 is 0 Å². The first-order valence-corrected chi connectivity index (χ1v) is 1.89. The highest BCUT2D eigenvalue weighted by molar-refractivity contribution is 4.65. The van der Waals surface area contributed by atoms with Gasteiger partial charge in [0.05, 0.1) is 0 Å². The summed E-state index contributed by atoms with van der Waals surface area (Å²) in [5, 5.41) is 0. The van der Waals surface area contributed by atoms with Gasteiger partial charge in [-0.05, 0) is 5.92 Å². The minimum atomic E-state index is 0. The Morgan fingerprint density at radius 2 is 1.60 bits per heavy atom. The molecule has 0 aromatic rings. The van der Waals surface area contributed by atoms with Crippen LogP contribution in [0.4, 0.5) is 0 Å². The van der Waals surface area contributed by atoms with Crippen molar-refractivity contribution < 1.29 is 0 Å². The molecular formula is C5H12. The third kappa shape index (κ3) is 1.78. The molecule has 1 aliphatic carbocycles. The van der Waals surface area contributed by atoms with E-state index in [1.54, 1.807) is 0 Å². The summed E-state index contributed by atoms with van der Waals surface area (Å²) in [4.78, 5) is 0. The molecule has 0 spiro atoms. The fraction of sp³-hybridized carbons (Fsp3) is 1.00. The molecule has 5 heavy (non-hydrogen) atoms. The van der Waals surface area contributed by atoms with E-state index in [9.17, 15) is 0 Å². The third-order valence-electron chi connectivity index (χ3n) is 0.866. The molecule has 0 aromatic carbocycles. The largest absolute Gasteiger partial charge is 0.0776 e. The van der Waals surface area contributed by atoms with Gasteiger partial charge < -0.3 is 0 Å². The van der Waals surface area contributed by atoms with Crippen molar-refractivity contribution in [2.24, 2.45) is 5.92 Å². The topological polar surface area (TPSA) is 0 Å². The molecule has 0 N–H and O–H groups in total. The highest BCUT2D eigenvalue weighted by atomic mass is 14.2. The van der Waals surface area contributed by atoms with E-state index in [1.807, 2.05) is 0 Å². The highest BCUT2D eigenvalue weighted by Crippen LogP contribution is 2.26. The van der Waals surface area contributed by atoms with Gasteiger partial charge in [-0.15, -0.1) is 0 Å². The van der Waals surface area contributed by atoms with Crippen LogP contribution in [0.1, 0.15) is 27.2 Å². The Kier molecular flexibility index (Phi) is 1.44. The molecule has 1 aliphatic rings. The fourth-order valence-corrected chi connectivity index (χ4v) is 0.167. The van der Waals surface area contributed by atoms with Crippen LogP contribution in [0.3, 0.4) is 0 Å². The van der Waals surface area contributed by atoms with Crippen LogP contribution in [-0.4, -0.2) is 0 Å². The Morgan fingerprint density at radius 3 is 1.60 bits per heavy atom. The Balaban J connectivity index is 0.000000160. The van der Waals surface area contributed by atoms with E-state index < -0.39 is 0 Å². The molecule has 0 amide bonds. The van der Waals surface area contributed by atoms with Crippen molar-refractivity contribution in [1.29, 1.82) is 0 Å².